The van der Waals surface area contributed by atoms with Crippen molar-refractivity contribution in [1.29, 1.82) is 5.26 Å². The standard InChI is InChI=1S/C13H15N3O3/c1-3-19-13(18)11(15)12(17)16-10-6-4-5-8(2)9(10)7-14/h4-6,11H,3,15H2,1-2H3,(H,16,17). The molecule has 1 aromatic carbocycles. The molecule has 0 radical (unpaired) electrons. The molecule has 100 valence electrons. The van der Waals surface area contributed by atoms with Gasteiger partial charge in [-0.15, -0.1) is 0 Å². The Bertz CT molecular complexity index is 534. The third-order valence-electron chi connectivity index (χ3n) is 2.47. The molecule has 0 aliphatic rings. The lowest BCUT2D eigenvalue weighted by Crippen LogP contribution is -2.43. The first kappa shape index (κ1) is 14.7. The Morgan fingerprint density at radius 2 is 2.21 bits per heavy atom. The van der Waals surface area contributed by atoms with Gasteiger partial charge in [-0.3, -0.25) is 4.79 Å². The minimum Gasteiger partial charge on any atom is -0.464 e. The van der Waals surface area contributed by atoms with E-state index in [1.165, 1.54) is 0 Å². The van der Waals surface area contributed by atoms with Crippen molar-refractivity contribution < 1.29 is 14.3 Å². The van der Waals surface area contributed by atoms with Gasteiger partial charge in [0.1, 0.15) is 6.07 Å². The molecule has 3 N–H and O–H groups in total. The topological polar surface area (TPSA) is 105 Å². The highest BCUT2D eigenvalue weighted by Gasteiger charge is 2.24. The van der Waals surface area contributed by atoms with Crippen LogP contribution in [0.1, 0.15) is 18.1 Å². The van der Waals surface area contributed by atoms with E-state index in [2.05, 4.69) is 10.1 Å². The van der Waals surface area contributed by atoms with Gasteiger partial charge in [0.25, 0.3) is 5.91 Å². The third-order valence-corrected chi connectivity index (χ3v) is 2.47. The number of nitriles is 1. The summed E-state index contributed by atoms with van der Waals surface area (Å²) in [6.07, 6.45) is 0. The number of nitrogens with two attached hydrogens (primary N) is 1. The fourth-order valence-corrected chi connectivity index (χ4v) is 1.47. The highest BCUT2D eigenvalue weighted by atomic mass is 16.5. The second kappa shape index (κ2) is 6.52. The summed E-state index contributed by atoms with van der Waals surface area (Å²) in [5.41, 5.74) is 6.85. The zero-order valence-corrected chi connectivity index (χ0v) is 10.8. The van der Waals surface area contributed by atoms with Crippen molar-refractivity contribution in [1.82, 2.24) is 0 Å². The van der Waals surface area contributed by atoms with E-state index < -0.39 is 17.9 Å². The molecule has 1 atom stereocenters. The van der Waals surface area contributed by atoms with Crippen molar-refractivity contribution in [2.45, 2.75) is 19.9 Å². The monoisotopic (exact) mass is 261 g/mol. The van der Waals surface area contributed by atoms with Crippen LogP contribution in [-0.2, 0) is 14.3 Å². The molecular formula is C13H15N3O3. The normalized spacial score (nSPS) is 11.3. The molecule has 0 spiro atoms. The number of amides is 1. The molecule has 0 fully saturated rings. The molecule has 0 aliphatic carbocycles. The zero-order chi connectivity index (χ0) is 14.4. The van der Waals surface area contributed by atoms with Crippen LogP contribution in [0, 0.1) is 18.3 Å². The average molecular weight is 261 g/mol. The number of hydrogen-bond donors (Lipinski definition) is 2. The lowest BCUT2D eigenvalue weighted by Gasteiger charge is -2.12. The number of aryl methyl sites for hydroxylation is 1. The van der Waals surface area contributed by atoms with E-state index >= 15 is 0 Å². The summed E-state index contributed by atoms with van der Waals surface area (Å²) in [6, 6.07) is 5.60. The van der Waals surface area contributed by atoms with Crippen LogP contribution < -0.4 is 11.1 Å². The van der Waals surface area contributed by atoms with Gasteiger partial charge < -0.3 is 15.8 Å². The summed E-state index contributed by atoms with van der Waals surface area (Å²) in [6.45, 7) is 3.52. The molecule has 1 aromatic rings. The fraction of sp³-hybridized carbons (Fsp3) is 0.308. The lowest BCUT2D eigenvalue weighted by atomic mass is 10.1. The average Bonchev–Trinajstić information content (AvgIpc) is 2.38. The third kappa shape index (κ3) is 3.53. The number of benzene rings is 1. The number of esters is 1. The summed E-state index contributed by atoms with van der Waals surface area (Å²) in [7, 11) is 0. The Kier molecular flexibility index (Phi) is 5.03. The van der Waals surface area contributed by atoms with Gasteiger partial charge in [0.15, 0.2) is 6.04 Å². The largest absolute Gasteiger partial charge is 0.464 e. The van der Waals surface area contributed by atoms with Crippen molar-refractivity contribution >= 4 is 17.6 Å². The second-order valence-corrected chi connectivity index (χ2v) is 3.83. The predicted molar refractivity (Wildman–Crippen MR) is 69.1 cm³/mol. The molecule has 0 bridgehead atoms. The number of hydrogen-bond acceptors (Lipinski definition) is 5. The summed E-state index contributed by atoms with van der Waals surface area (Å²) in [5.74, 6) is -1.51. The predicted octanol–water partition coefficient (Wildman–Crippen LogP) is 0.696. The smallest absolute Gasteiger partial charge is 0.332 e. The Morgan fingerprint density at radius 1 is 1.53 bits per heavy atom. The SMILES string of the molecule is CCOC(=O)C(N)C(=O)Nc1cccc(C)c1C#N. The van der Waals surface area contributed by atoms with Crippen molar-refractivity contribution in [2.24, 2.45) is 5.73 Å². The van der Waals surface area contributed by atoms with Gasteiger partial charge in [-0.25, -0.2) is 4.79 Å². The van der Waals surface area contributed by atoms with E-state index in [0.717, 1.165) is 5.56 Å². The molecule has 0 heterocycles. The van der Waals surface area contributed by atoms with Crippen LogP contribution in [-0.4, -0.2) is 24.5 Å². The van der Waals surface area contributed by atoms with Crippen LogP contribution in [0.5, 0.6) is 0 Å². The maximum absolute atomic E-state index is 11.8. The van der Waals surface area contributed by atoms with Gasteiger partial charge in [0, 0.05) is 0 Å². The lowest BCUT2D eigenvalue weighted by molar-refractivity contribution is -0.146. The number of anilines is 1. The Labute approximate surface area is 111 Å². The summed E-state index contributed by atoms with van der Waals surface area (Å²) in [4.78, 5) is 23.1. The molecule has 6 nitrogen and oxygen atoms in total. The van der Waals surface area contributed by atoms with Crippen molar-refractivity contribution in [2.75, 3.05) is 11.9 Å². The van der Waals surface area contributed by atoms with E-state index in [-0.39, 0.29) is 6.61 Å². The summed E-state index contributed by atoms with van der Waals surface area (Å²) in [5, 5.41) is 11.5. The maximum Gasteiger partial charge on any atom is 0.332 e. The number of nitrogens with zero attached hydrogens (tertiary/aromatic N) is 1. The van der Waals surface area contributed by atoms with E-state index in [4.69, 9.17) is 11.0 Å². The van der Waals surface area contributed by atoms with Gasteiger partial charge >= 0.3 is 5.97 Å². The van der Waals surface area contributed by atoms with Crippen LogP contribution >= 0.6 is 0 Å². The van der Waals surface area contributed by atoms with E-state index in [0.29, 0.717) is 11.3 Å². The highest BCUT2D eigenvalue weighted by Crippen LogP contribution is 2.18. The molecule has 1 rings (SSSR count). The number of ether oxygens (including phenoxy) is 1. The number of carbonyl (C=O) groups is 2. The minimum atomic E-state index is -1.41. The number of nitrogens with one attached hydrogen (secondary N) is 1. The van der Waals surface area contributed by atoms with Crippen LogP contribution in [0.3, 0.4) is 0 Å². The van der Waals surface area contributed by atoms with Crippen LogP contribution in [0.4, 0.5) is 5.69 Å². The van der Waals surface area contributed by atoms with E-state index in [1.807, 2.05) is 6.07 Å². The fourth-order valence-electron chi connectivity index (χ4n) is 1.47. The molecule has 1 amide bonds. The van der Waals surface area contributed by atoms with Crippen LogP contribution in [0.2, 0.25) is 0 Å². The summed E-state index contributed by atoms with van der Waals surface area (Å²) < 4.78 is 4.65. The zero-order valence-electron chi connectivity index (χ0n) is 10.8. The van der Waals surface area contributed by atoms with Gasteiger partial charge in [-0.1, -0.05) is 12.1 Å². The number of rotatable bonds is 4. The quantitative estimate of drug-likeness (QED) is 0.613. The van der Waals surface area contributed by atoms with Gasteiger partial charge in [0.2, 0.25) is 0 Å². The molecule has 0 saturated heterocycles. The molecule has 0 aliphatic heterocycles. The van der Waals surface area contributed by atoms with Gasteiger partial charge in [0.05, 0.1) is 17.9 Å². The van der Waals surface area contributed by atoms with E-state index in [1.54, 1.807) is 32.0 Å². The molecule has 19 heavy (non-hydrogen) atoms. The maximum atomic E-state index is 11.8. The molecule has 6 heteroatoms. The first-order valence-corrected chi connectivity index (χ1v) is 5.74. The van der Waals surface area contributed by atoms with Crippen molar-refractivity contribution in [3.63, 3.8) is 0 Å². The molecule has 1 unspecified atom stereocenters. The Morgan fingerprint density at radius 3 is 2.79 bits per heavy atom. The summed E-state index contributed by atoms with van der Waals surface area (Å²) >= 11 is 0. The molecular weight excluding hydrogens is 246 g/mol. The van der Waals surface area contributed by atoms with E-state index in [9.17, 15) is 9.59 Å². The van der Waals surface area contributed by atoms with Gasteiger partial charge in [-0.2, -0.15) is 5.26 Å². The van der Waals surface area contributed by atoms with Crippen LogP contribution in [0.25, 0.3) is 0 Å². The van der Waals surface area contributed by atoms with Crippen molar-refractivity contribution in [3.8, 4) is 6.07 Å². The Hall–Kier alpha value is -2.39. The number of carbonyl (C=O) groups excluding carboxylic acids is 2. The van der Waals surface area contributed by atoms with Crippen molar-refractivity contribution in [3.05, 3.63) is 29.3 Å². The first-order valence-electron chi connectivity index (χ1n) is 5.74. The van der Waals surface area contributed by atoms with Gasteiger partial charge in [-0.05, 0) is 25.5 Å². The minimum absolute atomic E-state index is 0.147. The highest BCUT2D eigenvalue weighted by molar-refractivity contribution is 6.08. The Balaban J connectivity index is 2.86. The first-order chi connectivity index (χ1) is 9.01. The second-order valence-electron chi connectivity index (χ2n) is 3.83. The van der Waals surface area contributed by atoms with Crippen LogP contribution in [0.15, 0.2) is 18.2 Å². The molecule has 0 saturated carbocycles. The molecule has 0 aromatic heterocycles.